The molecule has 0 radical (unpaired) electrons. The highest BCUT2D eigenvalue weighted by molar-refractivity contribution is 5.96. The second-order valence-electron chi connectivity index (χ2n) is 5.13. The number of nitrogens with one attached hydrogen (secondary N) is 2. The van der Waals surface area contributed by atoms with E-state index >= 15 is 0 Å². The summed E-state index contributed by atoms with van der Waals surface area (Å²) in [7, 11) is 1.50. The Kier molecular flexibility index (Phi) is 8.96. The van der Waals surface area contributed by atoms with E-state index in [9.17, 15) is 14.4 Å². The molecule has 132 valence electrons. The topological polar surface area (TPSA) is 93.7 Å². The summed E-state index contributed by atoms with van der Waals surface area (Å²) in [6.07, 6.45) is 3.00. The first-order valence-electron chi connectivity index (χ1n) is 7.91. The van der Waals surface area contributed by atoms with Crippen molar-refractivity contribution >= 4 is 17.8 Å². The van der Waals surface area contributed by atoms with Crippen LogP contribution in [0.15, 0.2) is 24.3 Å². The lowest BCUT2D eigenvalue weighted by atomic mass is 10.2. The Bertz CT molecular complexity index is 560. The van der Waals surface area contributed by atoms with Gasteiger partial charge in [0, 0.05) is 12.1 Å². The van der Waals surface area contributed by atoms with Gasteiger partial charge in [-0.2, -0.15) is 0 Å². The van der Waals surface area contributed by atoms with Crippen molar-refractivity contribution in [3.63, 3.8) is 0 Å². The Labute approximate surface area is 141 Å². The highest BCUT2D eigenvalue weighted by Gasteiger charge is 2.11. The molecule has 0 aliphatic rings. The third kappa shape index (κ3) is 7.62. The molecule has 24 heavy (non-hydrogen) atoms. The molecule has 0 saturated heterocycles. The first-order valence-corrected chi connectivity index (χ1v) is 7.91. The molecule has 0 aliphatic carbocycles. The van der Waals surface area contributed by atoms with Crippen LogP contribution in [0.2, 0.25) is 0 Å². The molecule has 0 aromatic heterocycles. The standard InChI is InChI=1S/C17H24N2O5/c1-3-4-5-9-18-15(20)12-24-16(21)11-19-17(22)13-7-6-8-14(10-13)23-2/h6-8,10H,3-5,9,11-12H2,1-2H3,(H,18,20)(H,19,22). The lowest BCUT2D eigenvalue weighted by Crippen LogP contribution is -2.34. The first-order chi connectivity index (χ1) is 11.6. The molecule has 0 fully saturated rings. The maximum Gasteiger partial charge on any atom is 0.325 e. The first kappa shape index (κ1) is 19.5. The van der Waals surface area contributed by atoms with Crippen molar-refractivity contribution in [3.8, 4) is 5.75 Å². The Hall–Kier alpha value is -2.57. The molecular formula is C17H24N2O5. The monoisotopic (exact) mass is 336 g/mol. The summed E-state index contributed by atoms with van der Waals surface area (Å²) in [6.45, 7) is 1.99. The van der Waals surface area contributed by atoms with E-state index in [0.717, 1.165) is 19.3 Å². The quantitative estimate of drug-likeness (QED) is 0.496. The fourth-order valence-electron chi connectivity index (χ4n) is 1.87. The van der Waals surface area contributed by atoms with E-state index in [4.69, 9.17) is 9.47 Å². The molecule has 0 saturated carbocycles. The van der Waals surface area contributed by atoms with Gasteiger partial charge in [0.25, 0.3) is 11.8 Å². The van der Waals surface area contributed by atoms with Gasteiger partial charge in [-0.05, 0) is 24.6 Å². The lowest BCUT2D eigenvalue weighted by molar-refractivity contribution is -0.147. The van der Waals surface area contributed by atoms with E-state index in [1.807, 2.05) is 0 Å². The van der Waals surface area contributed by atoms with Crippen molar-refractivity contribution < 1.29 is 23.9 Å². The minimum Gasteiger partial charge on any atom is -0.497 e. The number of methoxy groups -OCH3 is 1. The third-order valence-electron chi connectivity index (χ3n) is 3.19. The molecule has 7 nitrogen and oxygen atoms in total. The molecule has 7 heteroatoms. The average molecular weight is 336 g/mol. The minimum absolute atomic E-state index is 0.306. The summed E-state index contributed by atoms with van der Waals surface area (Å²) in [4.78, 5) is 34.9. The van der Waals surface area contributed by atoms with Gasteiger partial charge in [0.2, 0.25) is 0 Å². The predicted octanol–water partition coefficient (Wildman–Crippen LogP) is 1.27. The van der Waals surface area contributed by atoms with E-state index in [0.29, 0.717) is 17.9 Å². The van der Waals surface area contributed by atoms with E-state index in [-0.39, 0.29) is 19.1 Å². The van der Waals surface area contributed by atoms with Gasteiger partial charge in [0.15, 0.2) is 6.61 Å². The molecular weight excluding hydrogens is 312 g/mol. The number of ether oxygens (including phenoxy) is 2. The van der Waals surface area contributed by atoms with Crippen LogP contribution in [0, 0.1) is 0 Å². The highest BCUT2D eigenvalue weighted by atomic mass is 16.5. The zero-order valence-corrected chi connectivity index (χ0v) is 14.1. The largest absolute Gasteiger partial charge is 0.497 e. The Morgan fingerprint density at radius 3 is 2.62 bits per heavy atom. The van der Waals surface area contributed by atoms with Crippen LogP contribution in [0.25, 0.3) is 0 Å². The van der Waals surface area contributed by atoms with Crippen molar-refractivity contribution in [1.82, 2.24) is 10.6 Å². The summed E-state index contributed by atoms with van der Waals surface area (Å²) in [5, 5.41) is 5.09. The Morgan fingerprint density at radius 1 is 1.12 bits per heavy atom. The summed E-state index contributed by atoms with van der Waals surface area (Å²) in [5.74, 6) is -0.895. The molecule has 0 bridgehead atoms. The van der Waals surface area contributed by atoms with E-state index in [1.54, 1.807) is 24.3 Å². The fraction of sp³-hybridized carbons (Fsp3) is 0.471. The van der Waals surface area contributed by atoms with Crippen LogP contribution in [0.4, 0.5) is 0 Å². The average Bonchev–Trinajstić information content (AvgIpc) is 2.61. The van der Waals surface area contributed by atoms with E-state index < -0.39 is 11.9 Å². The summed E-state index contributed by atoms with van der Waals surface area (Å²) in [6, 6.07) is 6.55. The van der Waals surface area contributed by atoms with Gasteiger partial charge < -0.3 is 20.1 Å². The molecule has 0 spiro atoms. The molecule has 0 atom stereocenters. The molecule has 2 N–H and O–H groups in total. The van der Waals surface area contributed by atoms with Gasteiger partial charge in [-0.3, -0.25) is 14.4 Å². The van der Waals surface area contributed by atoms with E-state index in [2.05, 4.69) is 17.6 Å². The van der Waals surface area contributed by atoms with Crippen LogP contribution in [0.1, 0.15) is 36.5 Å². The van der Waals surface area contributed by atoms with Crippen molar-refractivity contribution in [3.05, 3.63) is 29.8 Å². The van der Waals surface area contributed by atoms with Gasteiger partial charge in [-0.15, -0.1) is 0 Å². The van der Waals surface area contributed by atoms with Crippen LogP contribution in [0.3, 0.4) is 0 Å². The van der Waals surface area contributed by atoms with Gasteiger partial charge in [0.1, 0.15) is 12.3 Å². The number of carbonyl (C=O) groups excluding carboxylic acids is 3. The third-order valence-corrected chi connectivity index (χ3v) is 3.19. The fourth-order valence-corrected chi connectivity index (χ4v) is 1.87. The number of hydrogen-bond donors (Lipinski definition) is 2. The smallest absolute Gasteiger partial charge is 0.325 e. The highest BCUT2D eigenvalue weighted by Crippen LogP contribution is 2.12. The number of carbonyl (C=O) groups is 3. The Morgan fingerprint density at radius 2 is 1.92 bits per heavy atom. The molecule has 1 aromatic carbocycles. The Balaban J connectivity index is 2.25. The van der Waals surface area contributed by atoms with Crippen molar-refractivity contribution in [2.45, 2.75) is 26.2 Å². The SMILES string of the molecule is CCCCCNC(=O)COC(=O)CNC(=O)c1cccc(OC)c1. The molecule has 2 amide bonds. The van der Waals surface area contributed by atoms with Crippen LogP contribution < -0.4 is 15.4 Å². The second-order valence-corrected chi connectivity index (χ2v) is 5.13. The molecule has 1 rings (SSSR count). The molecule has 0 heterocycles. The second kappa shape index (κ2) is 11.0. The molecule has 1 aromatic rings. The van der Waals surface area contributed by atoms with Crippen molar-refractivity contribution in [1.29, 1.82) is 0 Å². The maximum absolute atomic E-state index is 11.9. The normalized spacial score (nSPS) is 9.92. The lowest BCUT2D eigenvalue weighted by Gasteiger charge is -2.08. The number of unbranched alkanes of at least 4 members (excludes halogenated alkanes) is 2. The number of benzene rings is 1. The number of rotatable bonds is 10. The summed E-state index contributed by atoms with van der Waals surface area (Å²) >= 11 is 0. The summed E-state index contributed by atoms with van der Waals surface area (Å²) in [5.41, 5.74) is 0.371. The van der Waals surface area contributed by atoms with E-state index in [1.165, 1.54) is 7.11 Å². The minimum atomic E-state index is -0.671. The molecule has 0 unspecified atom stereocenters. The predicted molar refractivity (Wildman–Crippen MR) is 88.8 cm³/mol. The van der Waals surface area contributed by atoms with Gasteiger partial charge in [-0.25, -0.2) is 0 Å². The summed E-state index contributed by atoms with van der Waals surface area (Å²) < 4.78 is 9.83. The maximum atomic E-state index is 11.9. The van der Waals surface area contributed by atoms with Crippen molar-refractivity contribution in [2.24, 2.45) is 0 Å². The van der Waals surface area contributed by atoms with Crippen molar-refractivity contribution in [2.75, 3.05) is 26.8 Å². The van der Waals surface area contributed by atoms with Crippen LogP contribution in [0.5, 0.6) is 5.75 Å². The molecule has 0 aliphatic heterocycles. The number of hydrogen-bond acceptors (Lipinski definition) is 5. The van der Waals surface area contributed by atoms with Crippen LogP contribution in [-0.4, -0.2) is 44.6 Å². The number of esters is 1. The zero-order valence-electron chi connectivity index (χ0n) is 14.1. The van der Waals surface area contributed by atoms with Crippen LogP contribution in [-0.2, 0) is 14.3 Å². The van der Waals surface area contributed by atoms with Crippen LogP contribution >= 0.6 is 0 Å². The van der Waals surface area contributed by atoms with Gasteiger partial charge >= 0.3 is 5.97 Å². The zero-order chi connectivity index (χ0) is 17.8. The van der Waals surface area contributed by atoms with Gasteiger partial charge in [0.05, 0.1) is 7.11 Å². The number of amides is 2. The van der Waals surface area contributed by atoms with Gasteiger partial charge in [-0.1, -0.05) is 25.8 Å².